The number of aliphatic carboxylic acids is 1. The van der Waals surface area contributed by atoms with Crippen LogP contribution in [0.1, 0.15) is 15.9 Å². The minimum atomic E-state index is -0.929. The highest BCUT2D eigenvalue weighted by molar-refractivity contribution is 7.99. The molecule has 100 valence electrons. The number of amides is 1. The summed E-state index contributed by atoms with van der Waals surface area (Å²) in [4.78, 5) is 24.9. The van der Waals surface area contributed by atoms with Crippen LogP contribution in [0.2, 0.25) is 0 Å². The number of nitrogens with zero attached hydrogens (tertiary/aromatic N) is 1. The first-order valence-electron chi connectivity index (χ1n) is 6.15. The highest BCUT2D eigenvalue weighted by Gasteiger charge is 2.35. The van der Waals surface area contributed by atoms with Gasteiger partial charge in [0.15, 0.2) is 0 Å². The first-order chi connectivity index (χ1) is 9.16. The second-order valence-electron chi connectivity index (χ2n) is 4.68. The van der Waals surface area contributed by atoms with E-state index in [2.05, 4.69) is 5.32 Å². The smallest absolute Gasteiger partial charge is 0.327 e. The van der Waals surface area contributed by atoms with Gasteiger partial charge in [-0.2, -0.15) is 0 Å². The molecular formula is C13H14N2O3S. The van der Waals surface area contributed by atoms with E-state index in [0.29, 0.717) is 17.2 Å². The Balaban J connectivity index is 1.85. The largest absolute Gasteiger partial charge is 0.480 e. The van der Waals surface area contributed by atoms with Crippen molar-refractivity contribution in [2.24, 2.45) is 0 Å². The number of carboxylic acids is 1. The number of hydrogen-bond acceptors (Lipinski definition) is 4. The molecule has 3 rings (SSSR count). The standard InChI is InChI=1S/C13H14N2O3S/c16-12(15-7-19-6-11(15)13(17)18)9-1-2-10-8(5-9)3-4-14-10/h1-2,5,11,14H,3-4,6-7H2,(H,17,18). The summed E-state index contributed by atoms with van der Waals surface area (Å²) in [6.45, 7) is 0.893. The van der Waals surface area contributed by atoms with Gasteiger partial charge in [0, 0.05) is 23.5 Å². The van der Waals surface area contributed by atoms with E-state index >= 15 is 0 Å². The Bertz CT molecular complexity index is 547. The number of benzene rings is 1. The predicted octanol–water partition coefficient (Wildman–Crippen LogP) is 1.25. The molecule has 1 aromatic rings. The molecule has 0 saturated carbocycles. The average molecular weight is 278 g/mol. The van der Waals surface area contributed by atoms with Crippen molar-refractivity contribution in [2.75, 3.05) is 23.5 Å². The van der Waals surface area contributed by atoms with Crippen LogP contribution in [0.5, 0.6) is 0 Å². The molecular weight excluding hydrogens is 264 g/mol. The fourth-order valence-electron chi connectivity index (χ4n) is 2.45. The van der Waals surface area contributed by atoms with Crippen molar-refractivity contribution in [3.05, 3.63) is 29.3 Å². The van der Waals surface area contributed by atoms with Gasteiger partial charge in [0.25, 0.3) is 5.91 Å². The Kier molecular flexibility index (Phi) is 3.10. The van der Waals surface area contributed by atoms with E-state index in [1.165, 1.54) is 16.7 Å². The Labute approximate surface area is 115 Å². The minimum absolute atomic E-state index is 0.188. The third-order valence-electron chi connectivity index (χ3n) is 3.49. The lowest BCUT2D eigenvalue weighted by Crippen LogP contribution is -2.41. The molecule has 0 aliphatic carbocycles. The molecule has 1 unspecified atom stereocenters. The zero-order chi connectivity index (χ0) is 13.4. The molecule has 2 aliphatic rings. The summed E-state index contributed by atoms with van der Waals surface area (Å²) in [5.74, 6) is -0.202. The molecule has 2 aliphatic heterocycles. The molecule has 1 aromatic carbocycles. The van der Waals surface area contributed by atoms with Crippen LogP contribution >= 0.6 is 11.8 Å². The molecule has 6 heteroatoms. The van der Waals surface area contributed by atoms with Gasteiger partial charge in [-0.05, 0) is 30.2 Å². The summed E-state index contributed by atoms with van der Waals surface area (Å²) in [6, 6.07) is 4.83. The number of fused-ring (bicyclic) bond motifs is 1. The molecule has 1 saturated heterocycles. The number of nitrogens with one attached hydrogen (secondary N) is 1. The number of thioether (sulfide) groups is 1. The van der Waals surface area contributed by atoms with Gasteiger partial charge in [-0.3, -0.25) is 4.79 Å². The summed E-state index contributed by atoms with van der Waals surface area (Å²) < 4.78 is 0. The summed E-state index contributed by atoms with van der Waals surface area (Å²) in [6.07, 6.45) is 0.910. The lowest BCUT2D eigenvalue weighted by molar-refractivity contribution is -0.140. The van der Waals surface area contributed by atoms with Crippen LogP contribution in [-0.4, -0.2) is 46.1 Å². The Morgan fingerprint density at radius 2 is 2.26 bits per heavy atom. The maximum absolute atomic E-state index is 12.4. The lowest BCUT2D eigenvalue weighted by atomic mass is 10.1. The van der Waals surface area contributed by atoms with Crippen LogP contribution in [0, 0.1) is 0 Å². The summed E-state index contributed by atoms with van der Waals surface area (Å²) in [5.41, 5.74) is 2.78. The van der Waals surface area contributed by atoms with Crippen molar-refractivity contribution < 1.29 is 14.7 Å². The molecule has 0 aromatic heterocycles. The van der Waals surface area contributed by atoms with Crippen LogP contribution in [0.25, 0.3) is 0 Å². The molecule has 0 bridgehead atoms. The maximum Gasteiger partial charge on any atom is 0.327 e. The van der Waals surface area contributed by atoms with Crippen molar-refractivity contribution in [3.8, 4) is 0 Å². The number of rotatable bonds is 2. The fraction of sp³-hybridized carbons (Fsp3) is 0.385. The molecule has 1 atom stereocenters. The predicted molar refractivity (Wildman–Crippen MR) is 73.6 cm³/mol. The van der Waals surface area contributed by atoms with E-state index in [9.17, 15) is 9.59 Å². The lowest BCUT2D eigenvalue weighted by Gasteiger charge is -2.20. The molecule has 19 heavy (non-hydrogen) atoms. The first-order valence-corrected chi connectivity index (χ1v) is 7.30. The summed E-state index contributed by atoms with van der Waals surface area (Å²) in [7, 11) is 0. The van der Waals surface area contributed by atoms with E-state index in [1.807, 2.05) is 12.1 Å². The molecule has 0 spiro atoms. The average Bonchev–Trinajstić information content (AvgIpc) is 3.05. The van der Waals surface area contributed by atoms with Crippen LogP contribution < -0.4 is 5.32 Å². The van der Waals surface area contributed by atoms with E-state index < -0.39 is 12.0 Å². The zero-order valence-electron chi connectivity index (χ0n) is 10.3. The van der Waals surface area contributed by atoms with Gasteiger partial charge in [-0.1, -0.05) is 0 Å². The van der Waals surface area contributed by atoms with E-state index in [4.69, 9.17) is 5.11 Å². The van der Waals surface area contributed by atoms with E-state index in [-0.39, 0.29) is 5.91 Å². The normalized spacial score (nSPS) is 21.1. The SMILES string of the molecule is O=C(O)C1CSCN1C(=O)c1ccc2c(c1)CCN2. The second-order valence-corrected chi connectivity index (χ2v) is 5.68. The monoisotopic (exact) mass is 278 g/mol. The number of carbonyl (C=O) groups is 2. The highest BCUT2D eigenvalue weighted by Crippen LogP contribution is 2.27. The van der Waals surface area contributed by atoms with Crippen molar-refractivity contribution >= 4 is 29.3 Å². The maximum atomic E-state index is 12.4. The Hall–Kier alpha value is -1.69. The molecule has 5 nitrogen and oxygen atoms in total. The number of anilines is 1. The van der Waals surface area contributed by atoms with Crippen molar-refractivity contribution in [3.63, 3.8) is 0 Å². The third-order valence-corrected chi connectivity index (χ3v) is 4.50. The van der Waals surface area contributed by atoms with E-state index in [0.717, 1.165) is 24.2 Å². The molecule has 0 radical (unpaired) electrons. The molecule has 1 fully saturated rings. The van der Waals surface area contributed by atoms with Gasteiger partial charge in [0.1, 0.15) is 6.04 Å². The van der Waals surface area contributed by atoms with Crippen molar-refractivity contribution in [1.82, 2.24) is 4.90 Å². The van der Waals surface area contributed by atoms with Gasteiger partial charge in [-0.15, -0.1) is 11.8 Å². The van der Waals surface area contributed by atoms with Crippen LogP contribution in [-0.2, 0) is 11.2 Å². The van der Waals surface area contributed by atoms with Crippen LogP contribution in [0.15, 0.2) is 18.2 Å². The first kappa shape index (κ1) is 12.3. The van der Waals surface area contributed by atoms with Gasteiger partial charge < -0.3 is 15.3 Å². The highest BCUT2D eigenvalue weighted by atomic mass is 32.2. The summed E-state index contributed by atoms with van der Waals surface area (Å²) in [5, 5.41) is 12.4. The third kappa shape index (κ3) is 2.16. The van der Waals surface area contributed by atoms with Crippen molar-refractivity contribution in [2.45, 2.75) is 12.5 Å². The van der Waals surface area contributed by atoms with Gasteiger partial charge >= 0.3 is 5.97 Å². The topological polar surface area (TPSA) is 69.6 Å². The zero-order valence-corrected chi connectivity index (χ0v) is 11.1. The number of hydrogen-bond donors (Lipinski definition) is 2. The van der Waals surface area contributed by atoms with E-state index in [1.54, 1.807) is 6.07 Å². The fourth-order valence-corrected chi connectivity index (χ4v) is 3.60. The van der Waals surface area contributed by atoms with Gasteiger partial charge in [0.2, 0.25) is 0 Å². The molecule has 2 N–H and O–H groups in total. The summed E-state index contributed by atoms with van der Waals surface area (Å²) >= 11 is 1.48. The second kappa shape index (κ2) is 4.77. The minimum Gasteiger partial charge on any atom is -0.480 e. The van der Waals surface area contributed by atoms with Gasteiger partial charge in [0.05, 0.1) is 5.88 Å². The van der Waals surface area contributed by atoms with Crippen LogP contribution in [0.4, 0.5) is 5.69 Å². The Morgan fingerprint density at radius 3 is 3.05 bits per heavy atom. The molecule has 2 heterocycles. The Morgan fingerprint density at radius 1 is 1.42 bits per heavy atom. The molecule has 1 amide bonds. The number of carbonyl (C=O) groups excluding carboxylic acids is 1. The van der Waals surface area contributed by atoms with Crippen LogP contribution in [0.3, 0.4) is 0 Å². The van der Waals surface area contributed by atoms with Gasteiger partial charge in [-0.25, -0.2) is 4.79 Å². The van der Waals surface area contributed by atoms with Crippen molar-refractivity contribution in [1.29, 1.82) is 0 Å². The quantitative estimate of drug-likeness (QED) is 0.852. The number of carboxylic acid groups (broad SMARTS) is 1.